The van der Waals surface area contributed by atoms with E-state index in [1.165, 1.54) is 12.1 Å². The second-order valence-electron chi connectivity index (χ2n) is 9.61. The van der Waals surface area contributed by atoms with Gasteiger partial charge in [-0.3, -0.25) is 9.59 Å². The van der Waals surface area contributed by atoms with Crippen LogP contribution < -0.4 is 15.2 Å². The summed E-state index contributed by atoms with van der Waals surface area (Å²) in [7, 11) is 0. The Balaban J connectivity index is 2.84. The number of carbonyl (C=O) groups excluding carboxylic acids is 4. The van der Waals surface area contributed by atoms with Gasteiger partial charge in [0.2, 0.25) is 0 Å². The zero-order valence-electron chi connectivity index (χ0n) is 23.9. The molecule has 0 amide bonds. The maximum Gasteiger partial charge on any atom is 0.513 e. The van der Waals surface area contributed by atoms with E-state index in [1.54, 1.807) is 19.9 Å². The van der Waals surface area contributed by atoms with E-state index in [0.717, 1.165) is 12.8 Å². The summed E-state index contributed by atoms with van der Waals surface area (Å²) in [5, 5.41) is 0. The Morgan fingerprint density at radius 2 is 1.36 bits per heavy atom. The molecule has 0 fully saturated rings. The van der Waals surface area contributed by atoms with Gasteiger partial charge in [-0.05, 0) is 49.8 Å². The smallest absolute Gasteiger partial charge is 0.462 e. The van der Waals surface area contributed by atoms with Gasteiger partial charge in [0.15, 0.2) is 11.5 Å². The van der Waals surface area contributed by atoms with Gasteiger partial charge in [-0.25, -0.2) is 9.59 Å². The third-order valence-electron chi connectivity index (χ3n) is 5.74. The highest BCUT2D eigenvalue weighted by Gasteiger charge is 2.23. The van der Waals surface area contributed by atoms with Gasteiger partial charge in [-0.2, -0.15) is 0 Å². The molecular formula is C28H43NO10. The van der Waals surface area contributed by atoms with E-state index in [-0.39, 0.29) is 55.5 Å². The molecule has 0 aromatic heterocycles. The maximum absolute atomic E-state index is 12.5. The van der Waals surface area contributed by atoms with Gasteiger partial charge in [0.1, 0.15) is 18.8 Å². The fourth-order valence-corrected chi connectivity index (χ4v) is 2.94. The zero-order valence-corrected chi connectivity index (χ0v) is 23.9. The van der Waals surface area contributed by atoms with Crippen molar-refractivity contribution in [1.29, 1.82) is 0 Å². The van der Waals surface area contributed by atoms with E-state index >= 15 is 0 Å². The molecule has 220 valence electrons. The van der Waals surface area contributed by atoms with Crippen molar-refractivity contribution in [3.8, 4) is 11.5 Å². The highest BCUT2D eigenvalue weighted by atomic mass is 16.7. The molecule has 0 spiro atoms. The second-order valence-corrected chi connectivity index (χ2v) is 9.61. The first-order valence-corrected chi connectivity index (χ1v) is 13.4. The van der Waals surface area contributed by atoms with Crippen LogP contribution in [0.4, 0.5) is 9.59 Å². The Morgan fingerprint density at radius 3 is 1.90 bits per heavy atom. The Hall–Kier alpha value is -3.34. The van der Waals surface area contributed by atoms with E-state index in [1.807, 2.05) is 27.7 Å². The van der Waals surface area contributed by atoms with Gasteiger partial charge >= 0.3 is 24.2 Å². The summed E-state index contributed by atoms with van der Waals surface area (Å²) < 4.78 is 31.0. The lowest BCUT2D eigenvalue weighted by Gasteiger charge is -2.19. The maximum atomic E-state index is 12.5. The third-order valence-corrected chi connectivity index (χ3v) is 5.74. The Labute approximate surface area is 230 Å². The quantitative estimate of drug-likeness (QED) is 0.128. The van der Waals surface area contributed by atoms with Crippen LogP contribution in [0, 0.1) is 11.8 Å². The number of rotatable bonds is 16. The normalized spacial score (nSPS) is 13.1. The molecule has 0 radical (unpaired) electrons. The van der Waals surface area contributed by atoms with E-state index in [0.29, 0.717) is 18.4 Å². The molecule has 0 bridgehead atoms. The molecule has 1 rings (SSSR count). The second kappa shape index (κ2) is 18.0. The molecule has 1 unspecified atom stereocenters. The monoisotopic (exact) mass is 553 g/mol. The standard InChI is InChI=1S/C28H43NO10/c1-7-9-13-34-27(32)38-23-12-11-21(16-24(23)39-28(33)35-14-10-8-2)15-22(29)26(31)37-19(5)17-36-25(30)20(6)18(3)4/h11-12,16,18-20,22H,7-10,13-15,17,29H2,1-6H3/t19-,20?,22-/m0/s1. The van der Waals surface area contributed by atoms with Crippen molar-refractivity contribution in [2.75, 3.05) is 19.8 Å². The van der Waals surface area contributed by atoms with E-state index in [4.69, 9.17) is 34.2 Å². The summed E-state index contributed by atoms with van der Waals surface area (Å²) in [5.74, 6) is -1.37. The predicted octanol–water partition coefficient (Wildman–Crippen LogP) is 4.95. The molecule has 2 N–H and O–H groups in total. The molecule has 11 heteroatoms. The van der Waals surface area contributed by atoms with Crippen molar-refractivity contribution in [2.45, 2.75) is 85.8 Å². The predicted molar refractivity (Wildman–Crippen MR) is 142 cm³/mol. The van der Waals surface area contributed by atoms with Crippen molar-refractivity contribution in [2.24, 2.45) is 17.6 Å². The van der Waals surface area contributed by atoms with Crippen LogP contribution in [0.25, 0.3) is 0 Å². The summed E-state index contributed by atoms with van der Waals surface area (Å²) in [5.41, 5.74) is 6.55. The summed E-state index contributed by atoms with van der Waals surface area (Å²) in [6.07, 6.45) is 0.412. The average molecular weight is 554 g/mol. The Kier molecular flexibility index (Phi) is 15.6. The highest BCUT2D eigenvalue weighted by Crippen LogP contribution is 2.30. The van der Waals surface area contributed by atoms with Gasteiger partial charge < -0.3 is 34.2 Å². The van der Waals surface area contributed by atoms with Crippen molar-refractivity contribution >= 4 is 24.2 Å². The minimum absolute atomic E-state index is 0.0260. The number of nitrogens with two attached hydrogens (primary N) is 1. The highest BCUT2D eigenvalue weighted by molar-refractivity contribution is 5.76. The zero-order chi connectivity index (χ0) is 29.4. The van der Waals surface area contributed by atoms with Crippen LogP contribution in [0.15, 0.2) is 18.2 Å². The number of hydrogen-bond acceptors (Lipinski definition) is 11. The lowest BCUT2D eigenvalue weighted by atomic mass is 9.99. The van der Waals surface area contributed by atoms with Crippen LogP contribution in [0.3, 0.4) is 0 Å². The number of benzene rings is 1. The summed E-state index contributed by atoms with van der Waals surface area (Å²) in [6, 6.07) is 3.32. The molecule has 0 aliphatic heterocycles. The number of unbranched alkanes of at least 4 members (excludes halogenated alkanes) is 2. The first kappa shape index (κ1) is 33.7. The molecule has 3 atom stereocenters. The minimum atomic E-state index is -1.06. The summed E-state index contributed by atoms with van der Waals surface area (Å²) >= 11 is 0. The molecular weight excluding hydrogens is 510 g/mol. The van der Waals surface area contributed by atoms with Crippen molar-refractivity contribution in [3.05, 3.63) is 23.8 Å². The Morgan fingerprint density at radius 1 is 0.795 bits per heavy atom. The first-order chi connectivity index (χ1) is 18.5. The van der Waals surface area contributed by atoms with Gasteiger partial charge in [-0.1, -0.05) is 53.5 Å². The largest absolute Gasteiger partial charge is 0.513 e. The molecule has 0 heterocycles. The third kappa shape index (κ3) is 13.3. The van der Waals surface area contributed by atoms with Gasteiger partial charge in [-0.15, -0.1) is 0 Å². The van der Waals surface area contributed by atoms with E-state index in [9.17, 15) is 19.2 Å². The minimum Gasteiger partial charge on any atom is -0.462 e. The number of esters is 2. The van der Waals surface area contributed by atoms with Gasteiger partial charge in [0.25, 0.3) is 0 Å². The average Bonchev–Trinajstić information content (AvgIpc) is 2.88. The van der Waals surface area contributed by atoms with Crippen LogP contribution in [0.1, 0.15) is 72.8 Å². The molecule has 0 aliphatic carbocycles. The molecule has 0 aliphatic rings. The number of carbonyl (C=O) groups is 4. The van der Waals surface area contributed by atoms with E-state index in [2.05, 4.69) is 0 Å². The molecule has 1 aromatic carbocycles. The van der Waals surface area contributed by atoms with Gasteiger partial charge in [0.05, 0.1) is 19.1 Å². The topological polar surface area (TPSA) is 150 Å². The first-order valence-electron chi connectivity index (χ1n) is 13.4. The van der Waals surface area contributed by atoms with Crippen molar-refractivity contribution in [1.82, 2.24) is 0 Å². The molecule has 0 saturated carbocycles. The number of ether oxygens (including phenoxy) is 6. The summed E-state index contributed by atoms with van der Waals surface area (Å²) in [6.45, 7) is 11.4. The van der Waals surface area contributed by atoms with Gasteiger partial charge in [0, 0.05) is 0 Å². The van der Waals surface area contributed by atoms with Crippen LogP contribution in [-0.4, -0.2) is 56.2 Å². The Bertz CT molecular complexity index is 933. The summed E-state index contributed by atoms with van der Waals surface area (Å²) in [4.78, 5) is 48.7. The van der Waals surface area contributed by atoms with E-state index < -0.39 is 30.4 Å². The van der Waals surface area contributed by atoms with Crippen molar-refractivity contribution < 1.29 is 47.6 Å². The van der Waals surface area contributed by atoms with Crippen LogP contribution in [-0.2, 0) is 35.0 Å². The van der Waals surface area contributed by atoms with Crippen LogP contribution in [0.2, 0.25) is 0 Å². The molecule has 1 aromatic rings. The van der Waals surface area contributed by atoms with Crippen molar-refractivity contribution in [3.63, 3.8) is 0 Å². The SMILES string of the molecule is CCCCOC(=O)Oc1ccc(C[C@H](N)C(=O)O[C@@H](C)COC(=O)C(C)C(C)C)cc1OC(=O)OCCCC. The van der Waals surface area contributed by atoms with Crippen LogP contribution >= 0.6 is 0 Å². The molecule has 0 saturated heterocycles. The fraction of sp³-hybridized carbons (Fsp3) is 0.643. The lowest BCUT2D eigenvalue weighted by Crippen LogP contribution is -2.37. The fourth-order valence-electron chi connectivity index (χ4n) is 2.94. The molecule has 11 nitrogen and oxygen atoms in total. The number of hydrogen-bond donors (Lipinski definition) is 1. The molecule has 39 heavy (non-hydrogen) atoms. The lowest BCUT2D eigenvalue weighted by molar-refractivity contribution is -0.161. The van der Waals surface area contributed by atoms with Crippen LogP contribution in [0.5, 0.6) is 11.5 Å².